The van der Waals surface area contributed by atoms with Gasteiger partial charge in [-0.1, -0.05) is 58.4 Å². The average Bonchev–Trinajstić information content (AvgIpc) is 3.71. The lowest BCUT2D eigenvalue weighted by atomic mass is 9.70. The number of carbonyl (C=O) groups is 4. The summed E-state index contributed by atoms with van der Waals surface area (Å²) in [5.74, 6) is -3.41. The molecule has 0 aromatic heterocycles. The van der Waals surface area contributed by atoms with E-state index in [1.165, 1.54) is 16.9 Å². The quantitative estimate of drug-likeness (QED) is 0.141. The van der Waals surface area contributed by atoms with Gasteiger partial charge < -0.3 is 39.2 Å². The Morgan fingerprint density at radius 3 is 2.48 bits per heavy atom. The molecule has 0 aliphatic carbocycles. The summed E-state index contributed by atoms with van der Waals surface area (Å²) in [7, 11) is 3.03. The first kappa shape index (κ1) is 37.2. The lowest BCUT2D eigenvalue weighted by molar-refractivity contribution is -0.163. The van der Waals surface area contributed by atoms with Crippen LogP contribution in [0.25, 0.3) is 0 Å². The molecule has 3 amide bonds. The molecule has 2 aromatic rings. The van der Waals surface area contributed by atoms with Crippen molar-refractivity contribution in [3.63, 3.8) is 0 Å². The number of amides is 3. The number of ether oxygens (including phenoxy) is 4. The number of esters is 1. The van der Waals surface area contributed by atoms with E-state index in [-0.39, 0.29) is 43.3 Å². The first-order chi connectivity index (χ1) is 24.1. The fourth-order valence-corrected chi connectivity index (χ4v) is 8.46. The molecule has 268 valence electrons. The van der Waals surface area contributed by atoms with E-state index in [9.17, 15) is 24.3 Å². The Labute approximate surface area is 300 Å². The molecule has 8 atom stereocenters. The van der Waals surface area contributed by atoms with Gasteiger partial charge in [0.2, 0.25) is 11.8 Å². The average molecular weight is 755 g/mol. The first-order valence-electron chi connectivity index (χ1n) is 16.6. The molecule has 3 aliphatic heterocycles. The van der Waals surface area contributed by atoms with Gasteiger partial charge in [-0.05, 0) is 42.7 Å². The second-order valence-corrected chi connectivity index (χ2v) is 13.8. The van der Waals surface area contributed by atoms with Gasteiger partial charge in [-0.3, -0.25) is 19.2 Å². The molecule has 13 heteroatoms. The maximum absolute atomic E-state index is 14.6. The number of hydrogen-bond acceptors (Lipinski definition) is 9. The van der Waals surface area contributed by atoms with Gasteiger partial charge in [-0.15, -0.1) is 13.2 Å². The summed E-state index contributed by atoms with van der Waals surface area (Å²) in [4.78, 5) is 58.7. The highest BCUT2D eigenvalue weighted by molar-refractivity contribution is 9.09. The fourth-order valence-electron chi connectivity index (χ4n) is 7.51. The van der Waals surface area contributed by atoms with Crippen LogP contribution in [0, 0.1) is 11.8 Å². The number of carbonyl (C=O) groups excluding carboxylic acids is 4. The highest BCUT2D eigenvalue weighted by Crippen LogP contribution is 2.60. The third-order valence-electron chi connectivity index (χ3n) is 9.60. The highest BCUT2D eigenvalue weighted by atomic mass is 79.9. The van der Waals surface area contributed by atoms with E-state index in [1.54, 1.807) is 67.8 Å². The van der Waals surface area contributed by atoms with Gasteiger partial charge in [0.1, 0.15) is 23.5 Å². The number of rotatable bonds is 17. The summed E-state index contributed by atoms with van der Waals surface area (Å²) in [6.07, 6.45) is 2.41. The standard InChI is InChI=1S/C37H44BrN3O9/c1-5-7-13-28(43)39-27(22-47-3)31(23-11-9-8-10-12-23)49-36(46)29-30-34(44)41(19-20-42)33(37(30)21-26(38)32(29)50-37)35(45)40(18-6-2)24-14-16-25(48-4)17-15-24/h5-6,8-12,14-17,26-27,29-33,42H,1-2,7,13,18-22H2,3-4H3,(H,39,43)/t26?,27-,29+,30-,31-,32+,33+,37-/m1/s1. The molecule has 5 rings (SSSR count). The number of methoxy groups -OCH3 is 2. The van der Waals surface area contributed by atoms with Crippen molar-refractivity contribution in [2.24, 2.45) is 11.8 Å². The topological polar surface area (TPSA) is 144 Å². The molecule has 2 bridgehead atoms. The summed E-state index contributed by atoms with van der Waals surface area (Å²) < 4.78 is 23.6. The van der Waals surface area contributed by atoms with Crippen LogP contribution < -0.4 is 15.0 Å². The van der Waals surface area contributed by atoms with Gasteiger partial charge in [-0.2, -0.15) is 0 Å². The number of benzene rings is 2. The summed E-state index contributed by atoms with van der Waals surface area (Å²) >= 11 is 3.69. The number of nitrogens with one attached hydrogen (secondary N) is 1. The van der Waals surface area contributed by atoms with E-state index in [0.717, 1.165) is 0 Å². The molecule has 3 aliphatic rings. The maximum Gasteiger partial charge on any atom is 0.313 e. The van der Waals surface area contributed by atoms with Crippen molar-refractivity contribution < 1.29 is 43.2 Å². The number of hydrogen-bond donors (Lipinski definition) is 2. The minimum Gasteiger partial charge on any atom is -0.497 e. The van der Waals surface area contributed by atoms with E-state index in [0.29, 0.717) is 23.4 Å². The Morgan fingerprint density at radius 1 is 1.14 bits per heavy atom. The molecule has 1 unspecified atom stereocenters. The Kier molecular flexibility index (Phi) is 12.2. The lowest BCUT2D eigenvalue weighted by Gasteiger charge is -2.37. The molecule has 2 N–H and O–H groups in total. The molecule has 3 heterocycles. The van der Waals surface area contributed by atoms with Gasteiger partial charge in [0.25, 0.3) is 5.91 Å². The molecule has 2 aromatic carbocycles. The monoisotopic (exact) mass is 753 g/mol. The predicted molar refractivity (Wildman–Crippen MR) is 189 cm³/mol. The Balaban J connectivity index is 1.50. The largest absolute Gasteiger partial charge is 0.497 e. The lowest BCUT2D eigenvalue weighted by Crippen LogP contribution is -2.57. The zero-order valence-electron chi connectivity index (χ0n) is 28.2. The van der Waals surface area contributed by atoms with Gasteiger partial charge >= 0.3 is 5.97 Å². The van der Waals surface area contributed by atoms with E-state index in [1.807, 2.05) is 6.07 Å². The molecular formula is C37H44BrN3O9. The van der Waals surface area contributed by atoms with Crippen LogP contribution in [0.3, 0.4) is 0 Å². The van der Waals surface area contributed by atoms with Crippen molar-refractivity contribution >= 4 is 45.3 Å². The van der Waals surface area contributed by atoms with Crippen LogP contribution >= 0.6 is 15.9 Å². The van der Waals surface area contributed by atoms with Gasteiger partial charge in [-0.25, -0.2) is 0 Å². The van der Waals surface area contributed by atoms with Crippen molar-refractivity contribution in [3.05, 3.63) is 85.5 Å². The van der Waals surface area contributed by atoms with Gasteiger partial charge in [0.15, 0.2) is 0 Å². The zero-order valence-corrected chi connectivity index (χ0v) is 29.8. The van der Waals surface area contributed by atoms with Gasteiger partial charge in [0.05, 0.1) is 44.3 Å². The zero-order chi connectivity index (χ0) is 36.0. The molecule has 0 radical (unpaired) electrons. The minimum absolute atomic E-state index is 0.0377. The number of aliphatic hydroxyl groups is 1. The summed E-state index contributed by atoms with van der Waals surface area (Å²) in [6.45, 7) is 7.14. The van der Waals surface area contributed by atoms with Gasteiger partial charge in [0, 0.05) is 37.1 Å². The predicted octanol–water partition coefficient (Wildman–Crippen LogP) is 3.34. The molecular weight excluding hydrogens is 710 g/mol. The van der Waals surface area contributed by atoms with Crippen LogP contribution in [-0.2, 0) is 33.4 Å². The maximum atomic E-state index is 14.6. The van der Waals surface area contributed by atoms with Crippen molar-refractivity contribution in [3.8, 4) is 5.75 Å². The Bertz CT molecular complexity index is 1560. The fraction of sp³-hybridized carbons (Fsp3) is 0.459. The second-order valence-electron chi connectivity index (χ2n) is 12.6. The summed E-state index contributed by atoms with van der Waals surface area (Å²) in [6, 6.07) is 14.0. The molecule has 3 saturated heterocycles. The van der Waals surface area contributed by atoms with Crippen molar-refractivity contribution in [2.45, 2.75) is 54.0 Å². The van der Waals surface area contributed by atoms with Crippen molar-refractivity contribution in [1.29, 1.82) is 0 Å². The molecule has 12 nitrogen and oxygen atoms in total. The Hall–Kier alpha value is -4.04. The number of likely N-dealkylation sites (tertiary alicyclic amines) is 1. The second kappa shape index (κ2) is 16.3. The molecule has 0 saturated carbocycles. The summed E-state index contributed by atoms with van der Waals surface area (Å²) in [5.41, 5.74) is -0.214. The highest BCUT2D eigenvalue weighted by Gasteiger charge is 2.77. The van der Waals surface area contributed by atoms with Crippen molar-refractivity contribution in [2.75, 3.05) is 45.4 Å². The van der Waals surface area contributed by atoms with Crippen LogP contribution in [-0.4, -0.2) is 103 Å². The molecule has 50 heavy (non-hydrogen) atoms. The third kappa shape index (κ3) is 7.09. The summed E-state index contributed by atoms with van der Waals surface area (Å²) in [5, 5.41) is 13.0. The van der Waals surface area contributed by atoms with Crippen LogP contribution in [0.1, 0.15) is 30.9 Å². The molecule has 3 fully saturated rings. The number of alkyl halides is 1. The Morgan fingerprint density at radius 2 is 1.86 bits per heavy atom. The van der Waals surface area contributed by atoms with E-state index in [4.69, 9.17) is 18.9 Å². The number of nitrogens with zero attached hydrogens (tertiary/aromatic N) is 2. The number of anilines is 1. The normalized spacial score (nSPS) is 26.1. The SMILES string of the molecule is C=CCCC(=O)N[C@H](COC)[C@H](OC(=O)[C@@H]1[C@H]2O[C@@]3(CC2Br)[C@H](C(=O)N(CC=C)c2ccc(OC)cc2)N(CCO)C(=O)[C@@H]13)c1ccccc1. The van der Waals surface area contributed by atoms with E-state index < -0.39 is 66.1 Å². The van der Waals surface area contributed by atoms with E-state index in [2.05, 4.69) is 34.4 Å². The molecule has 1 spiro atoms. The van der Waals surface area contributed by atoms with Crippen LogP contribution in [0.4, 0.5) is 5.69 Å². The smallest absolute Gasteiger partial charge is 0.313 e. The number of fused-ring (bicyclic) bond motifs is 1. The first-order valence-corrected chi connectivity index (χ1v) is 17.5. The number of halogens is 1. The van der Waals surface area contributed by atoms with Crippen LogP contribution in [0.15, 0.2) is 79.9 Å². The third-order valence-corrected chi connectivity index (χ3v) is 10.4. The number of allylic oxidation sites excluding steroid dienone is 1. The van der Waals surface area contributed by atoms with Crippen molar-refractivity contribution in [1.82, 2.24) is 10.2 Å². The number of aliphatic hydroxyl groups excluding tert-OH is 1. The van der Waals surface area contributed by atoms with Crippen LogP contribution in [0.5, 0.6) is 5.75 Å². The number of β-amino-alcohol motifs (C(OH)–C–C–N with tert-alkyl or cyclic N) is 1. The van der Waals surface area contributed by atoms with Crippen LogP contribution in [0.2, 0.25) is 0 Å². The minimum atomic E-state index is -1.38. The van der Waals surface area contributed by atoms with E-state index >= 15 is 0 Å².